The average molecular weight is 396 g/mol. The van der Waals surface area contributed by atoms with Crippen molar-refractivity contribution >= 4 is 23.5 Å². The van der Waals surface area contributed by atoms with Gasteiger partial charge in [0, 0.05) is 24.5 Å². The van der Waals surface area contributed by atoms with E-state index in [1.165, 1.54) is 0 Å². The molecule has 152 valence electrons. The molecule has 3 N–H and O–H groups in total. The number of rotatable bonds is 8. The molecule has 3 heterocycles. The van der Waals surface area contributed by atoms with E-state index in [4.69, 9.17) is 10.5 Å². The van der Waals surface area contributed by atoms with E-state index in [0.717, 1.165) is 42.8 Å². The van der Waals surface area contributed by atoms with Crippen molar-refractivity contribution in [3.8, 4) is 5.75 Å². The molecule has 0 radical (unpaired) electrons. The first-order valence-electron chi connectivity index (χ1n) is 9.74. The van der Waals surface area contributed by atoms with Gasteiger partial charge in [0.1, 0.15) is 5.75 Å². The minimum Gasteiger partial charge on any atom is -0.494 e. The number of aromatic nitrogens is 2. The summed E-state index contributed by atoms with van der Waals surface area (Å²) in [4.78, 5) is 33.9. The minimum atomic E-state index is -1.04. The molecule has 29 heavy (non-hydrogen) atoms. The van der Waals surface area contributed by atoms with E-state index in [9.17, 15) is 9.59 Å². The van der Waals surface area contributed by atoms with E-state index in [1.807, 2.05) is 37.6 Å². The van der Waals surface area contributed by atoms with E-state index in [0.29, 0.717) is 12.6 Å². The summed E-state index contributed by atoms with van der Waals surface area (Å²) < 4.78 is 7.97. The Bertz CT molecular complexity index is 940. The van der Waals surface area contributed by atoms with Crippen molar-refractivity contribution in [2.75, 3.05) is 6.61 Å². The fraction of sp³-hybridized carbons (Fsp3) is 0.400. The Balaban J connectivity index is 1.35. The van der Waals surface area contributed by atoms with Crippen molar-refractivity contribution in [3.63, 3.8) is 0 Å². The van der Waals surface area contributed by atoms with E-state index < -0.39 is 17.9 Å². The maximum Gasteiger partial charge on any atom is 0.259 e. The standard InChI is InChI=1S/C20H24N6O3/c1-13-15-11-14(29-10-4-2-3-8-25-9-7-22-12-25)5-6-16(15)23-20-24-19(28)17(18(21)27)26(13)20/h5-7,9,11-13,17H,2-4,8,10H2,1H3,(H2,21,27)(H,23,24,28). The van der Waals surface area contributed by atoms with Crippen LogP contribution in [0.2, 0.25) is 0 Å². The van der Waals surface area contributed by atoms with Gasteiger partial charge in [0.2, 0.25) is 11.9 Å². The van der Waals surface area contributed by atoms with Gasteiger partial charge in [-0.3, -0.25) is 14.9 Å². The van der Waals surface area contributed by atoms with Gasteiger partial charge >= 0.3 is 0 Å². The molecule has 2 aliphatic rings. The summed E-state index contributed by atoms with van der Waals surface area (Å²) in [5.74, 6) is -0.0162. The van der Waals surface area contributed by atoms with Gasteiger partial charge in [-0.25, -0.2) is 9.98 Å². The molecule has 9 heteroatoms. The Hall–Kier alpha value is -3.36. The van der Waals surface area contributed by atoms with Gasteiger partial charge in [-0.2, -0.15) is 0 Å². The highest BCUT2D eigenvalue weighted by Crippen LogP contribution is 2.39. The maximum atomic E-state index is 12.1. The zero-order valence-electron chi connectivity index (χ0n) is 16.2. The van der Waals surface area contributed by atoms with E-state index in [-0.39, 0.29) is 6.04 Å². The van der Waals surface area contributed by atoms with Gasteiger partial charge in [0.05, 0.1) is 24.7 Å². The van der Waals surface area contributed by atoms with Crippen molar-refractivity contribution in [1.29, 1.82) is 0 Å². The minimum absolute atomic E-state index is 0.229. The molecular weight excluding hydrogens is 372 g/mol. The molecule has 2 aromatic rings. The SMILES string of the molecule is CC1c2cc(OCCCCCn3ccnc3)ccc2N=C2NC(=O)C(C(N)=O)N21. The summed E-state index contributed by atoms with van der Waals surface area (Å²) in [6, 6.07) is 4.39. The van der Waals surface area contributed by atoms with Crippen LogP contribution in [-0.2, 0) is 16.1 Å². The zero-order valence-corrected chi connectivity index (χ0v) is 16.2. The number of carbonyl (C=O) groups excluding carboxylic acids is 2. The molecule has 1 aromatic carbocycles. The second-order valence-electron chi connectivity index (χ2n) is 7.24. The van der Waals surface area contributed by atoms with Gasteiger partial charge in [-0.15, -0.1) is 0 Å². The van der Waals surface area contributed by atoms with Crippen molar-refractivity contribution in [2.45, 2.75) is 44.8 Å². The number of ether oxygens (including phenoxy) is 1. The third-order valence-corrected chi connectivity index (χ3v) is 5.26. The number of nitrogens with two attached hydrogens (primary N) is 1. The Labute approximate surface area is 168 Å². The van der Waals surface area contributed by atoms with Crippen LogP contribution in [0.4, 0.5) is 5.69 Å². The number of nitrogens with one attached hydrogen (secondary N) is 1. The molecule has 1 saturated heterocycles. The number of aryl methyl sites for hydroxylation is 1. The van der Waals surface area contributed by atoms with Gasteiger partial charge in [0.15, 0.2) is 6.04 Å². The number of imidazole rings is 1. The maximum absolute atomic E-state index is 12.1. The van der Waals surface area contributed by atoms with E-state index in [1.54, 1.807) is 11.1 Å². The summed E-state index contributed by atoms with van der Waals surface area (Å²) in [7, 11) is 0. The molecule has 1 fully saturated rings. The summed E-state index contributed by atoms with van der Waals surface area (Å²) in [5, 5.41) is 2.64. The third kappa shape index (κ3) is 3.80. The molecule has 4 rings (SSSR count). The number of amides is 2. The molecule has 0 spiro atoms. The van der Waals surface area contributed by atoms with Crippen LogP contribution >= 0.6 is 0 Å². The zero-order chi connectivity index (χ0) is 20.4. The van der Waals surface area contributed by atoms with Gasteiger partial charge < -0.3 is 19.9 Å². The van der Waals surface area contributed by atoms with E-state index in [2.05, 4.69) is 19.9 Å². The van der Waals surface area contributed by atoms with Crippen molar-refractivity contribution in [2.24, 2.45) is 10.7 Å². The van der Waals surface area contributed by atoms with Gasteiger partial charge in [-0.05, 0) is 44.4 Å². The second-order valence-corrected chi connectivity index (χ2v) is 7.24. The van der Waals surface area contributed by atoms with Gasteiger partial charge in [-0.1, -0.05) is 0 Å². The smallest absolute Gasteiger partial charge is 0.259 e. The fourth-order valence-corrected chi connectivity index (χ4v) is 3.76. The normalized spacial score (nSPS) is 20.0. The Morgan fingerprint density at radius 1 is 1.31 bits per heavy atom. The quantitative estimate of drug-likeness (QED) is 0.518. The highest BCUT2D eigenvalue weighted by Gasteiger charge is 2.45. The number of hydrogen-bond donors (Lipinski definition) is 2. The highest BCUT2D eigenvalue weighted by molar-refractivity contribution is 6.17. The van der Waals surface area contributed by atoms with Gasteiger partial charge in [0.25, 0.3) is 5.91 Å². The molecule has 0 bridgehead atoms. The Morgan fingerprint density at radius 2 is 2.17 bits per heavy atom. The van der Waals surface area contributed by atoms with Crippen LogP contribution in [-0.4, -0.2) is 44.9 Å². The third-order valence-electron chi connectivity index (χ3n) is 5.26. The molecule has 0 saturated carbocycles. The van der Waals surface area contributed by atoms with Crippen molar-refractivity contribution < 1.29 is 14.3 Å². The molecule has 2 atom stereocenters. The first-order valence-corrected chi connectivity index (χ1v) is 9.74. The summed E-state index contributed by atoms with van der Waals surface area (Å²) >= 11 is 0. The molecular formula is C20H24N6O3. The highest BCUT2D eigenvalue weighted by atomic mass is 16.5. The summed E-state index contributed by atoms with van der Waals surface area (Å²) in [6.07, 6.45) is 8.67. The number of carbonyl (C=O) groups is 2. The number of nitrogens with zero attached hydrogens (tertiary/aromatic N) is 4. The van der Waals surface area contributed by atoms with Crippen LogP contribution in [0.3, 0.4) is 0 Å². The molecule has 0 aliphatic carbocycles. The number of aliphatic imine (C=N–C) groups is 1. The molecule has 2 amide bonds. The number of hydrogen-bond acceptors (Lipinski definition) is 6. The Morgan fingerprint density at radius 3 is 2.93 bits per heavy atom. The summed E-state index contributed by atoms with van der Waals surface area (Å²) in [5.41, 5.74) is 7.07. The van der Waals surface area contributed by atoms with Crippen LogP contribution in [0.1, 0.15) is 37.8 Å². The molecule has 1 aromatic heterocycles. The molecule has 2 unspecified atom stereocenters. The summed E-state index contributed by atoms with van der Waals surface area (Å²) in [6.45, 7) is 3.50. The topological polar surface area (TPSA) is 115 Å². The van der Waals surface area contributed by atoms with Crippen LogP contribution in [0.5, 0.6) is 5.75 Å². The fourth-order valence-electron chi connectivity index (χ4n) is 3.76. The lowest BCUT2D eigenvalue weighted by molar-refractivity contribution is -0.131. The first-order chi connectivity index (χ1) is 14.0. The predicted octanol–water partition coefficient (Wildman–Crippen LogP) is 1.48. The second kappa shape index (κ2) is 7.94. The molecule has 2 aliphatic heterocycles. The lowest BCUT2D eigenvalue weighted by atomic mass is 10.0. The van der Waals surface area contributed by atoms with Crippen molar-refractivity contribution in [3.05, 3.63) is 42.5 Å². The van der Waals surface area contributed by atoms with Crippen LogP contribution in [0.15, 0.2) is 41.9 Å². The van der Waals surface area contributed by atoms with Crippen LogP contribution < -0.4 is 15.8 Å². The molecule has 9 nitrogen and oxygen atoms in total. The number of unbranched alkanes of at least 4 members (excludes halogenated alkanes) is 2. The van der Waals surface area contributed by atoms with Crippen LogP contribution in [0.25, 0.3) is 0 Å². The lowest BCUT2D eigenvalue weighted by Gasteiger charge is -2.33. The Kier molecular flexibility index (Phi) is 5.20. The lowest BCUT2D eigenvalue weighted by Crippen LogP contribution is -2.47. The average Bonchev–Trinajstić information content (AvgIpc) is 3.32. The van der Waals surface area contributed by atoms with E-state index >= 15 is 0 Å². The van der Waals surface area contributed by atoms with Crippen LogP contribution in [0, 0.1) is 0 Å². The number of benzene rings is 1. The number of fused-ring (bicyclic) bond motifs is 2. The van der Waals surface area contributed by atoms with Crippen molar-refractivity contribution in [1.82, 2.24) is 19.8 Å². The first kappa shape index (κ1) is 19.0. The largest absolute Gasteiger partial charge is 0.494 e. The predicted molar refractivity (Wildman–Crippen MR) is 106 cm³/mol. The monoisotopic (exact) mass is 396 g/mol. The number of guanidine groups is 1. The number of primary amides is 1.